The molecule has 4 nitrogen and oxygen atoms in total. The monoisotopic (exact) mass is 242 g/mol. The van der Waals surface area contributed by atoms with Crippen LogP contribution in [0.2, 0.25) is 0 Å². The lowest BCUT2D eigenvalue weighted by Crippen LogP contribution is -2.37. The second kappa shape index (κ2) is 7.54. The predicted octanol–water partition coefficient (Wildman–Crippen LogP) is 2.24. The fourth-order valence-corrected chi connectivity index (χ4v) is 2.16. The van der Waals surface area contributed by atoms with Gasteiger partial charge in [0.2, 0.25) is 0 Å². The molecule has 0 heterocycles. The smallest absolute Gasteiger partial charge is 0.407 e. The molecule has 1 aliphatic rings. The molecule has 1 N–H and O–H groups in total. The maximum absolute atomic E-state index is 11.5. The topological polar surface area (TPSA) is 41.6 Å². The molecular formula is C13H26N2O2. The first-order chi connectivity index (χ1) is 8.08. The van der Waals surface area contributed by atoms with Crippen LogP contribution in [0.25, 0.3) is 0 Å². The van der Waals surface area contributed by atoms with Gasteiger partial charge in [0.25, 0.3) is 0 Å². The number of rotatable bonds is 5. The first kappa shape index (κ1) is 14.3. The Morgan fingerprint density at radius 3 is 2.53 bits per heavy atom. The molecule has 0 unspecified atom stereocenters. The van der Waals surface area contributed by atoms with Gasteiger partial charge in [0, 0.05) is 12.6 Å². The van der Waals surface area contributed by atoms with Crippen molar-refractivity contribution in [1.29, 1.82) is 0 Å². The van der Waals surface area contributed by atoms with Gasteiger partial charge in [-0.2, -0.15) is 0 Å². The molecule has 100 valence electrons. The zero-order valence-electron chi connectivity index (χ0n) is 11.4. The quantitative estimate of drug-likeness (QED) is 0.752. The van der Waals surface area contributed by atoms with Crippen LogP contribution in [0.5, 0.6) is 0 Å². The Bertz CT molecular complexity index is 223. The fourth-order valence-electron chi connectivity index (χ4n) is 2.16. The maximum Gasteiger partial charge on any atom is 0.407 e. The summed E-state index contributed by atoms with van der Waals surface area (Å²) in [5.41, 5.74) is 0. The van der Waals surface area contributed by atoms with Crippen LogP contribution in [-0.4, -0.2) is 44.3 Å². The molecule has 0 radical (unpaired) electrons. The number of hydrogen-bond acceptors (Lipinski definition) is 3. The van der Waals surface area contributed by atoms with Crippen LogP contribution in [0.15, 0.2) is 0 Å². The predicted molar refractivity (Wildman–Crippen MR) is 69.1 cm³/mol. The Kier molecular flexibility index (Phi) is 6.34. The molecule has 1 rings (SSSR count). The van der Waals surface area contributed by atoms with E-state index in [1.165, 1.54) is 12.8 Å². The molecule has 0 aromatic carbocycles. The molecule has 0 atom stereocenters. The lowest BCUT2D eigenvalue weighted by atomic mass is 9.87. The molecule has 1 amide bonds. The van der Waals surface area contributed by atoms with Gasteiger partial charge in [-0.05, 0) is 52.1 Å². The molecule has 1 aliphatic carbocycles. The summed E-state index contributed by atoms with van der Waals surface area (Å²) in [5, 5.41) is 2.95. The summed E-state index contributed by atoms with van der Waals surface area (Å²) in [5.74, 6) is 0.809. The average molecular weight is 242 g/mol. The van der Waals surface area contributed by atoms with Gasteiger partial charge in [0.1, 0.15) is 0 Å². The minimum atomic E-state index is -0.247. The van der Waals surface area contributed by atoms with Gasteiger partial charge >= 0.3 is 6.09 Å². The van der Waals surface area contributed by atoms with E-state index < -0.39 is 0 Å². The van der Waals surface area contributed by atoms with E-state index >= 15 is 0 Å². The van der Waals surface area contributed by atoms with Crippen molar-refractivity contribution >= 4 is 6.09 Å². The number of amides is 1. The van der Waals surface area contributed by atoms with Crippen molar-refractivity contribution in [3.8, 4) is 0 Å². The Morgan fingerprint density at radius 1 is 1.29 bits per heavy atom. The van der Waals surface area contributed by atoms with Crippen LogP contribution in [0, 0.1) is 5.92 Å². The summed E-state index contributed by atoms with van der Waals surface area (Å²) in [7, 11) is 4.03. The van der Waals surface area contributed by atoms with Gasteiger partial charge in [-0.3, -0.25) is 0 Å². The van der Waals surface area contributed by atoms with Crippen molar-refractivity contribution in [3.63, 3.8) is 0 Å². The second-order valence-corrected chi connectivity index (χ2v) is 5.39. The van der Waals surface area contributed by atoms with Gasteiger partial charge in [-0.1, -0.05) is 6.92 Å². The van der Waals surface area contributed by atoms with Crippen molar-refractivity contribution in [2.45, 2.75) is 45.1 Å². The highest BCUT2D eigenvalue weighted by molar-refractivity contribution is 5.67. The molecule has 4 heteroatoms. The van der Waals surface area contributed by atoms with E-state index in [1.807, 2.05) is 14.1 Å². The average Bonchev–Trinajstić information content (AvgIpc) is 2.27. The van der Waals surface area contributed by atoms with E-state index in [-0.39, 0.29) is 6.09 Å². The molecule has 0 spiro atoms. The molecule has 17 heavy (non-hydrogen) atoms. The highest BCUT2D eigenvalue weighted by Crippen LogP contribution is 2.23. The number of alkyl carbamates (subject to hydrolysis) is 1. The van der Waals surface area contributed by atoms with Gasteiger partial charge < -0.3 is 15.0 Å². The SMILES string of the molecule is CC1CCC(NC(=O)OCCCN(C)C)CC1. The van der Waals surface area contributed by atoms with Crippen LogP contribution >= 0.6 is 0 Å². The molecule has 1 fully saturated rings. The molecule has 0 aromatic rings. The second-order valence-electron chi connectivity index (χ2n) is 5.39. The van der Waals surface area contributed by atoms with Crippen LogP contribution in [-0.2, 0) is 4.74 Å². The molecule has 0 aromatic heterocycles. The lowest BCUT2D eigenvalue weighted by Gasteiger charge is -2.26. The van der Waals surface area contributed by atoms with E-state index in [4.69, 9.17) is 4.74 Å². The molecule has 0 bridgehead atoms. The first-order valence-electron chi connectivity index (χ1n) is 6.66. The van der Waals surface area contributed by atoms with Crippen molar-refractivity contribution in [1.82, 2.24) is 10.2 Å². The van der Waals surface area contributed by atoms with Gasteiger partial charge in [0.05, 0.1) is 6.61 Å². The standard InChI is InChI=1S/C13H26N2O2/c1-11-5-7-12(8-6-11)14-13(16)17-10-4-9-15(2)3/h11-12H,4-10H2,1-3H3,(H,14,16). The van der Waals surface area contributed by atoms with E-state index in [9.17, 15) is 4.79 Å². The Morgan fingerprint density at radius 2 is 1.94 bits per heavy atom. The number of hydrogen-bond donors (Lipinski definition) is 1. The number of nitrogens with zero attached hydrogens (tertiary/aromatic N) is 1. The molecule has 1 saturated carbocycles. The van der Waals surface area contributed by atoms with Gasteiger partial charge in [-0.15, -0.1) is 0 Å². The normalized spacial score (nSPS) is 24.7. The summed E-state index contributed by atoms with van der Waals surface area (Å²) < 4.78 is 5.15. The van der Waals surface area contributed by atoms with Crippen molar-refractivity contribution in [2.75, 3.05) is 27.2 Å². The highest BCUT2D eigenvalue weighted by Gasteiger charge is 2.19. The third kappa shape index (κ3) is 6.51. The van der Waals surface area contributed by atoms with E-state index in [2.05, 4.69) is 17.1 Å². The fraction of sp³-hybridized carbons (Fsp3) is 0.923. The van der Waals surface area contributed by atoms with Crippen LogP contribution in [0.1, 0.15) is 39.0 Å². The Hall–Kier alpha value is -0.770. The van der Waals surface area contributed by atoms with E-state index in [0.717, 1.165) is 31.7 Å². The maximum atomic E-state index is 11.5. The van der Waals surface area contributed by atoms with Crippen LogP contribution in [0.3, 0.4) is 0 Å². The first-order valence-corrected chi connectivity index (χ1v) is 6.66. The minimum absolute atomic E-state index is 0.247. The van der Waals surface area contributed by atoms with E-state index in [1.54, 1.807) is 0 Å². The van der Waals surface area contributed by atoms with Gasteiger partial charge in [0.15, 0.2) is 0 Å². The summed E-state index contributed by atoms with van der Waals surface area (Å²) in [6, 6.07) is 0.326. The zero-order chi connectivity index (χ0) is 12.7. The van der Waals surface area contributed by atoms with Crippen molar-refractivity contribution in [3.05, 3.63) is 0 Å². The molecular weight excluding hydrogens is 216 g/mol. The van der Waals surface area contributed by atoms with Crippen LogP contribution in [0.4, 0.5) is 4.79 Å². The number of carbonyl (C=O) groups is 1. The number of nitrogens with one attached hydrogen (secondary N) is 1. The molecule has 0 saturated heterocycles. The molecule has 0 aliphatic heterocycles. The largest absolute Gasteiger partial charge is 0.450 e. The summed E-state index contributed by atoms with van der Waals surface area (Å²) in [6.07, 6.45) is 5.25. The van der Waals surface area contributed by atoms with Crippen LogP contribution < -0.4 is 5.32 Å². The van der Waals surface area contributed by atoms with Crippen molar-refractivity contribution < 1.29 is 9.53 Å². The highest BCUT2D eigenvalue weighted by atomic mass is 16.5. The summed E-state index contributed by atoms with van der Waals surface area (Å²) >= 11 is 0. The van der Waals surface area contributed by atoms with Gasteiger partial charge in [-0.25, -0.2) is 4.79 Å². The Balaban J connectivity index is 2.04. The zero-order valence-corrected chi connectivity index (χ0v) is 11.4. The number of ether oxygens (including phenoxy) is 1. The third-order valence-electron chi connectivity index (χ3n) is 3.32. The van der Waals surface area contributed by atoms with E-state index in [0.29, 0.717) is 12.6 Å². The van der Waals surface area contributed by atoms with Crippen molar-refractivity contribution in [2.24, 2.45) is 5.92 Å². The number of carbonyl (C=O) groups excluding carboxylic acids is 1. The third-order valence-corrected chi connectivity index (χ3v) is 3.32. The Labute approximate surface area is 105 Å². The minimum Gasteiger partial charge on any atom is -0.450 e. The summed E-state index contributed by atoms with van der Waals surface area (Å²) in [4.78, 5) is 13.6. The summed E-state index contributed by atoms with van der Waals surface area (Å²) in [6.45, 7) is 3.73. The lowest BCUT2D eigenvalue weighted by molar-refractivity contribution is 0.133.